The Kier molecular flexibility index (Phi) is 4.73. The van der Waals surface area contributed by atoms with Crippen molar-refractivity contribution in [3.8, 4) is 0 Å². The lowest BCUT2D eigenvalue weighted by atomic mass is 9.65. The Labute approximate surface area is 180 Å². The van der Waals surface area contributed by atoms with E-state index in [9.17, 15) is 9.59 Å². The van der Waals surface area contributed by atoms with E-state index in [1.807, 2.05) is 11.8 Å². The van der Waals surface area contributed by atoms with E-state index in [0.29, 0.717) is 36.5 Å². The number of amides is 3. The van der Waals surface area contributed by atoms with Crippen LogP contribution in [-0.2, 0) is 11.2 Å². The minimum Gasteiger partial charge on any atom is -0.309 e. The van der Waals surface area contributed by atoms with Crippen LogP contribution in [0.1, 0.15) is 58.4 Å². The van der Waals surface area contributed by atoms with Crippen LogP contribution < -0.4 is 0 Å². The predicted molar refractivity (Wildman–Crippen MR) is 117 cm³/mol. The van der Waals surface area contributed by atoms with Crippen molar-refractivity contribution < 1.29 is 9.59 Å². The molecule has 1 aromatic rings. The highest BCUT2D eigenvalue weighted by molar-refractivity contribution is 6.07. The van der Waals surface area contributed by atoms with Gasteiger partial charge >= 0.3 is 6.03 Å². The van der Waals surface area contributed by atoms with E-state index in [1.54, 1.807) is 0 Å². The number of hydrogen-bond donors (Lipinski definition) is 0. The molecule has 4 unspecified atom stereocenters. The van der Waals surface area contributed by atoms with Crippen LogP contribution in [0, 0.1) is 11.3 Å². The Balaban J connectivity index is 1.27. The first-order valence-corrected chi connectivity index (χ1v) is 11.9. The number of nitrogens with zero attached hydrogens (tertiary/aromatic N) is 3. The Morgan fingerprint density at radius 1 is 1.13 bits per heavy atom. The fourth-order valence-corrected chi connectivity index (χ4v) is 6.86. The van der Waals surface area contributed by atoms with Crippen molar-refractivity contribution in [1.29, 1.82) is 0 Å². The maximum atomic E-state index is 13.4. The lowest BCUT2D eigenvalue weighted by molar-refractivity contribution is -0.141. The SMILES string of the molecule is CCN1C(=O)N(CC(C)C)C2(CCC3N(CCCc4ccccc4)C4CC34C2)C1=O. The zero-order valence-electron chi connectivity index (χ0n) is 18.6. The van der Waals surface area contributed by atoms with E-state index in [4.69, 9.17) is 0 Å². The Bertz CT molecular complexity index is 840. The standard InChI is InChI=1S/C25H35N3O2/c1-4-26-22(29)25(28(23(26)30)16-18(2)3)13-12-20-24(17-25)15-21(24)27(20)14-8-11-19-9-6-5-7-10-19/h5-7,9-10,18,20-21H,4,8,11-17H2,1-3H3. The molecule has 5 nitrogen and oxygen atoms in total. The molecule has 0 N–H and O–H groups in total. The zero-order chi connectivity index (χ0) is 21.1. The lowest BCUT2D eigenvalue weighted by Crippen LogP contribution is -2.65. The molecule has 2 aliphatic heterocycles. The van der Waals surface area contributed by atoms with Gasteiger partial charge in [0.05, 0.1) is 0 Å². The van der Waals surface area contributed by atoms with Crippen molar-refractivity contribution in [2.75, 3.05) is 19.6 Å². The highest BCUT2D eigenvalue weighted by atomic mass is 16.2. The molecule has 0 aromatic heterocycles. The van der Waals surface area contributed by atoms with Crippen molar-refractivity contribution in [2.45, 2.75) is 76.9 Å². The lowest BCUT2D eigenvalue weighted by Gasteiger charge is -2.56. The van der Waals surface area contributed by atoms with Crippen LogP contribution in [0.5, 0.6) is 0 Å². The van der Waals surface area contributed by atoms with Gasteiger partial charge in [0.25, 0.3) is 5.91 Å². The molecule has 5 heteroatoms. The average Bonchev–Trinajstić information content (AvgIpc) is 3.28. The number of imide groups is 1. The summed E-state index contributed by atoms with van der Waals surface area (Å²) in [5.74, 6) is 0.452. The molecule has 2 aliphatic carbocycles. The minimum atomic E-state index is -0.571. The normalized spacial score (nSPS) is 35.1. The van der Waals surface area contributed by atoms with Gasteiger partial charge in [-0.1, -0.05) is 44.2 Å². The number of aryl methyl sites for hydroxylation is 1. The molecule has 30 heavy (non-hydrogen) atoms. The Hall–Kier alpha value is -1.88. The fraction of sp³-hybridized carbons (Fsp3) is 0.680. The van der Waals surface area contributed by atoms with Crippen LogP contribution in [0.25, 0.3) is 0 Å². The van der Waals surface area contributed by atoms with Gasteiger partial charge < -0.3 is 4.90 Å². The van der Waals surface area contributed by atoms with Crippen LogP contribution in [0.3, 0.4) is 0 Å². The first kappa shape index (κ1) is 20.0. The molecule has 2 heterocycles. The quantitative estimate of drug-likeness (QED) is 0.641. The summed E-state index contributed by atoms with van der Waals surface area (Å²) in [6.07, 6.45) is 6.31. The van der Waals surface area contributed by atoms with E-state index in [1.165, 1.54) is 23.3 Å². The molecule has 5 rings (SSSR count). The third-order valence-electron chi connectivity index (χ3n) is 8.20. The second kappa shape index (κ2) is 7.08. The van der Waals surface area contributed by atoms with Gasteiger partial charge in [-0.25, -0.2) is 4.79 Å². The highest BCUT2D eigenvalue weighted by Gasteiger charge is 2.78. The number of likely N-dealkylation sites (N-methyl/N-ethyl adjacent to an activating group) is 1. The number of rotatable bonds is 7. The van der Waals surface area contributed by atoms with E-state index in [0.717, 1.165) is 32.2 Å². The van der Waals surface area contributed by atoms with Crippen molar-refractivity contribution in [3.63, 3.8) is 0 Å². The highest BCUT2D eigenvalue weighted by Crippen LogP contribution is 2.71. The largest absolute Gasteiger partial charge is 0.327 e. The van der Waals surface area contributed by atoms with Crippen molar-refractivity contribution in [2.24, 2.45) is 11.3 Å². The summed E-state index contributed by atoms with van der Waals surface area (Å²) in [6.45, 7) is 8.53. The molecule has 2 spiro atoms. The number of urea groups is 1. The molecule has 162 valence electrons. The van der Waals surface area contributed by atoms with Gasteiger partial charge in [0.15, 0.2) is 0 Å². The van der Waals surface area contributed by atoms with Crippen molar-refractivity contribution in [3.05, 3.63) is 35.9 Å². The van der Waals surface area contributed by atoms with Gasteiger partial charge in [-0.15, -0.1) is 0 Å². The monoisotopic (exact) mass is 409 g/mol. The number of hydrogen-bond acceptors (Lipinski definition) is 3. The Morgan fingerprint density at radius 2 is 1.90 bits per heavy atom. The van der Waals surface area contributed by atoms with Crippen molar-refractivity contribution in [1.82, 2.24) is 14.7 Å². The molecule has 1 aromatic carbocycles. The first-order valence-electron chi connectivity index (χ1n) is 11.9. The summed E-state index contributed by atoms with van der Waals surface area (Å²) in [5, 5.41) is 0. The summed E-state index contributed by atoms with van der Waals surface area (Å²) in [4.78, 5) is 32.6. The number of likely N-dealkylation sites (tertiary alicyclic amines) is 1. The zero-order valence-corrected chi connectivity index (χ0v) is 18.6. The van der Waals surface area contributed by atoms with E-state index >= 15 is 0 Å². The van der Waals surface area contributed by atoms with Crippen LogP contribution in [0.2, 0.25) is 0 Å². The second-order valence-electron chi connectivity index (χ2n) is 10.4. The average molecular weight is 410 g/mol. The van der Waals surface area contributed by atoms with Gasteiger partial charge in [-0.3, -0.25) is 14.6 Å². The van der Waals surface area contributed by atoms with Gasteiger partial charge in [0, 0.05) is 30.6 Å². The maximum absolute atomic E-state index is 13.4. The van der Waals surface area contributed by atoms with Crippen LogP contribution in [-0.4, -0.2) is 63.9 Å². The van der Waals surface area contributed by atoms with Crippen LogP contribution in [0.15, 0.2) is 30.3 Å². The molecule has 4 fully saturated rings. The van der Waals surface area contributed by atoms with E-state index in [2.05, 4.69) is 49.1 Å². The van der Waals surface area contributed by atoms with Gasteiger partial charge in [0.2, 0.25) is 0 Å². The molecule has 4 aliphatic rings. The summed E-state index contributed by atoms with van der Waals surface area (Å²) in [6, 6.07) is 11.9. The molecular formula is C25H35N3O2. The minimum absolute atomic E-state index is 0.0534. The summed E-state index contributed by atoms with van der Waals surface area (Å²) >= 11 is 0. The number of benzene rings is 1. The van der Waals surface area contributed by atoms with Gasteiger partial charge in [0.1, 0.15) is 5.54 Å². The van der Waals surface area contributed by atoms with Gasteiger partial charge in [-0.2, -0.15) is 0 Å². The van der Waals surface area contributed by atoms with E-state index in [-0.39, 0.29) is 11.9 Å². The molecule has 2 saturated carbocycles. The fourth-order valence-electron chi connectivity index (χ4n) is 6.86. The topological polar surface area (TPSA) is 43.9 Å². The molecule has 0 radical (unpaired) electrons. The van der Waals surface area contributed by atoms with Gasteiger partial charge in [-0.05, 0) is 63.5 Å². The summed E-state index contributed by atoms with van der Waals surface area (Å²) in [5.41, 5.74) is 1.14. The molecule has 4 atom stereocenters. The molecular weight excluding hydrogens is 374 g/mol. The number of carbonyl (C=O) groups is 2. The molecule has 3 amide bonds. The smallest absolute Gasteiger partial charge is 0.309 e. The predicted octanol–water partition coefficient (Wildman–Crippen LogP) is 3.92. The van der Waals surface area contributed by atoms with Crippen LogP contribution >= 0.6 is 0 Å². The second-order valence-corrected chi connectivity index (χ2v) is 10.4. The van der Waals surface area contributed by atoms with E-state index < -0.39 is 5.54 Å². The third kappa shape index (κ3) is 2.77. The maximum Gasteiger partial charge on any atom is 0.327 e. The number of carbonyl (C=O) groups excluding carboxylic acids is 2. The first-order chi connectivity index (χ1) is 14.4. The molecule has 2 saturated heterocycles. The Morgan fingerprint density at radius 3 is 2.60 bits per heavy atom. The molecule has 0 bridgehead atoms. The van der Waals surface area contributed by atoms with Crippen molar-refractivity contribution >= 4 is 11.9 Å². The van der Waals surface area contributed by atoms with Crippen LogP contribution in [0.4, 0.5) is 4.79 Å². The summed E-state index contributed by atoms with van der Waals surface area (Å²) < 4.78 is 0. The summed E-state index contributed by atoms with van der Waals surface area (Å²) in [7, 11) is 0. The third-order valence-corrected chi connectivity index (χ3v) is 8.20.